The lowest BCUT2D eigenvalue weighted by Gasteiger charge is -2.34. The molecule has 31 heavy (non-hydrogen) atoms. The van der Waals surface area contributed by atoms with Gasteiger partial charge in [-0.25, -0.2) is 0 Å². The number of hydrogen-bond donors (Lipinski definition) is 0. The van der Waals surface area contributed by atoms with E-state index >= 15 is 0 Å². The van der Waals surface area contributed by atoms with Crippen LogP contribution in [0.25, 0.3) is 0 Å². The number of nitrogens with zero attached hydrogens (tertiary/aromatic N) is 2. The van der Waals surface area contributed by atoms with Gasteiger partial charge in [0, 0.05) is 32.1 Å². The molecular weight excluding hydrogens is 380 g/mol. The minimum absolute atomic E-state index is 0.328. The van der Waals surface area contributed by atoms with E-state index in [1.165, 1.54) is 83.6 Å². The van der Waals surface area contributed by atoms with Crippen molar-refractivity contribution >= 4 is 0 Å². The maximum absolute atomic E-state index is 6.12. The molecule has 1 heterocycles. The highest BCUT2D eigenvalue weighted by Crippen LogP contribution is 2.20. The highest BCUT2D eigenvalue weighted by atomic mass is 16.5. The Balaban J connectivity index is 2.40. The number of unbranched alkanes of at least 4 members (excludes halogenated alkanes) is 6. The van der Waals surface area contributed by atoms with Gasteiger partial charge >= 0.3 is 0 Å². The van der Waals surface area contributed by atoms with Crippen molar-refractivity contribution in [1.29, 1.82) is 0 Å². The first-order valence-electron chi connectivity index (χ1n) is 13.6. The Kier molecular flexibility index (Phi) is 17.4. The number of ether oxygens (including phenoxy) is 1. The predicted molar refractivity (Wildman–Crippen MR) is 137 cm³/mol. The summed E-state index contributed by atoms with van der Waals surface area (Å²) in [5.41, 5.74) is 0. The largest absolute Gasteiger partial charge is 0.374 e. The number of hydrogen-bond acceptors (Lipinski definition) is 3. The minimum atomic E-state index is 0.328. The molecule has 3 nitrogen and oxygen atoms in total. The number of rotatable bonds is 17. The SMILES string of the molecule is CCCCCCC(CCCCCC)CN(C)C[C@H]1CN(CC#CC(C)CCC)CCO1. The molecule has 1 rings (SSSR count). The van der Waals surface area contributed by atoms with E-state index in [9.17, 15) is 0 Å². The van der Waals surface area contributed by atoms with E-state index in [0.29, 0.717) is 12.0 Å². The zero-order valence-corrected chi connectivity index (χ0v) is 21.8. The molecule has 1 unspecified atom stereocenters. The smallest absolute Gasteiger partial charge is 0.0829 e. The molecule has 0 aromatic rings. The molecule has 0 amide bonds. The summed E-state index contributed by atoms with van der Waals surface area (Å²) in [5, 5.41) is 0. The lowest BCUT2D eigenvalue weighted by Crippen LogP contribution is -2.47. The van der Waals surface area contributed by atoms with Gasteiger partial charge in [-0.2, -0.15) is 0 Å². The average Bonchev–Trinajstić information content (AvgIpc) is 2.74. The van der Waals surface area contributed by atoms with Crippen LogP contribution in [0.1, 0.15) is 105 Å². The van der Waals surface area contributed by atoms with Crippen LogP contribution in [0.15, 0.2) is 0 Å². The van der Waals surface area contributed by atoms with Crippen molar-refractivity contribution in [2.75, 3.05) is 46.4 Å². The van der Waals surface area contributed by atoms with Gasteiger partial charge in [-0.3, -0.25) is 4.90 Å². The molecule has 0 aromatic heterocycles. The zero-order valence-electron chi connectivity index (χ0n) is 21.8. The van der Waals surface area contributed by atoms with E-state index in [0.717, 1.165) is 38.7 Å². The molecule has 1 aliphatic rings. The van der Waals surface area contributed by atoms with Crippen molar-refractivity contribution in [2.45, 2.75) is 111 Å². The van der Waals surface area contributed by atoms with Crippen molar-refractivity contribution in [1.82, 2.24) is 9.80 Å². The van der Waals surface area contributed by atoms with Crippen LogP contribution >= 0.6 is 0 Å². The van der Waals surface area contributed by atoms with Crippen LogP contribution in [0.2, 0.25) is 0 Å². The molecule has 1 aliphatic heterocycles. The second kappa shape index (κ2) is 19.0. The van der Waals surface area contributed by atoms with Gasteiger partial charge in [0.2, 0.25) is 0 Å². The first kappa shape index (κ1) is 28.5. The van der Waals surface area contributed by atoms with Crippen LogP contribution in [0.3, 0.4) is 0 Å². The molecule has 1 fully saturated rings. The minimum Gasteiger partial charge on any atom is -0.374 e. The maximum atomic E-state index is 6.12. The summed E-state index contributed by atoms with van der Waals surface area (Å²) in [5.74, 6) is 8.22. The van der Waals surface area contributed by atoms with Crippen LogP contribution in [0.5, 0.6) is 0 Å². The molecule has 1 saturated heterocycles. The third kappa shape index (κ3) is 15.0. The molecule has 0 aromatic carbocycles. The van der Waals surface area contributed by atoms with Crippen LogP contribution in [-0.2, 0) is 4.74 Å². The van der Waals surface area contributed by atoms with Crippen LogP contribution in [0.4, 0.5) is 0 Å². The molecule has 0 N–H and O–H groups in total. The van der Waals surface area contributed by atoms with Crippen LogP contribution in [-0.4, -0.2) is 62.3 Å². The Hall–Kier alpha value is -0.560. The first-order chi connectivity index (χ1) is 15.1. The van der Waals surface area contributed by atoms with Crippen molar-refractivity contribution in [3.63, 3.8) is 0 Å². The maximum Gasteiger partial charge on any atom is 0.0829 e. The summed E-state index contributed by atoms with van der Waals surface area (Å²) >= 11 is 0. The molecule has 0 bridgehead atoms. The Labute approximate surface area is 195 Å². The lowest BCUT2D eigenvalue weighted by molar-refractivity contribution is -0.0380. The van der Waals surface area contributed by atoms with E-state index in [4.69, 9.17) is 4.74 Å². The highest BCUT2D eigenvalue weighted by Gasteiger charge is 2.22. The quantitative estimate of drug-likeness (QED) is 0.189. The van der Waals surface area contributed by atoms with Crippen molar-refractivity contribution in [3.05, 3.63) is 0 Å². The molecular formula is C28H54N2O. The van der Waals surface area contributed by atoms with Gasteiger partial charge in [-0.1, -0.05) is 97.3 Å². The zero-order chi connectivity index (χ0) is 22.7. The van der Waals surface area contributed by atoms with E-state index in [-0.39, 0.29) is 0 Å². The van der Waals surface area contributed by atoms with E-state index in [2.05, 4.69) is 56.4 Å². The lowest BCUT2D eigenvalue weighted by atomic mass is 9.94. The first-order valence-corrected chi connectivity index (χ1v) is 13.6. The molecule has 0 saturated carbocycles. The number of morpholine rings is 1. The fraction of sp³-hybridized carbons (Fsp3) is 0.929. The standard InChI is InChI=1S/C28H54N2O/c1-6-9-11-13-18-27(19-14-12-10-7-2)23-29(5)24-28-25-30(21-22-31-28)20-15-17-26(4)16-8-3/h26-28H,6-14,16,18-25H2,1-5H3/t26?,28-/m0/s1. The summed E-state index contributed by atoms with van der Waals surface area (Å²) in [4.78, 5) is 5.04. The second-order valence-corrected chi connectivity index (χ2v) is 10.0. The molecule has 0 radical (unpaired) electrons. The normalized spacial score (nSPS) is 18.4. The molecule has 0 aliphatic carbocycles. The molecule has 0 spiro atoms. The topological polar surface area (TPSA) is 15.7 Å². The Bertz CT molecular complexity index is 457. The summed E-state index contributed by atoms with van der Waals surface area (Å²) < 4.78 is 6.12. The second-order valence-electron chi connectivity index (χ2n) is 10.0. The van der Waals surface area contributed by atoms with Crippen molar-refractivity contribution in [2.24, 2.45) is 11.8 Å². The van der Waals surface area contributed by atoms with Crippen LogP contribution in [0, 0.1) is 23.7 Å². The fourth-order valence-electron chi connectivity index (χ4n) is 4.78. The average molecular weight is 435 g/mol. The van der Waals surface area contributed by atoms with Gasteiger partial charge < -0.3 is 9.64 Å². The van der Waals surface area contributed by atoms with Gasteiger partial charge in [0.1, 0.15) is 0 Å². The molecule has 2 atom stereocenters. The van der Waals surface area contributed by atoms with E-state index in [1.807, 2.05) is 0 Å². The van der Waals surface area contributed by atoms with Crippen molar-refractivity contribution < 1.29 is 4.74 Å². The van der Waals surface area contributed by atoms with E-state index < -0.39 is 0 Å². The van der Waals surface area contributed by atoms with Crippen molar-refractivity contribution in [3.8, 4) is 11.8 Å². The van der Waals surface area contributed by atoms with Gasteiger partial charge in [0.25, 0.3) is 0 Å². The van der Waals surface area contributed by atoms with Gasteiger partial charge in [-0.15, -0.1) is 0 Å². The van der Waals surface area contributed by atoms with Crippen LogP contribution < -0.4 is 0 Å². The van der Waals surface area contributed by atoms with Gasteiger partial charge in [0.15, 0.2) is 0 Å². The summed E-state index contributed by atoms with van der Waals surface area (Å²) in [6.07, 6.45) is 16.6. The predicted octanol–water partition coefficient (Wildman–Crippen LogP) is 6.62. The summed E-state index contributed by atoms with van der Waals surface area (Å²) in [6, 6.07) is 0. The third-order valence-corrected chi connectivity index (χ3v) is 6.61. The third-order valence-electron chi connectivity index (χ3n) is 6.61. The number of likely N-dealkylation sites (N-methyl/N-ethyl adjacent to an activating group) is 1. The Morgan fingerprint density at radius 2 is 1.61 bits per heavy atom. The molecule has 3 heteroatoms. The fourth-order valence-corrected chi connectivity index (χ4v) is 4.78. The summed E-state index contributed by atoms with van der Waals surface area (Å²) in [6.45, 7) is 15.2. The van der Waals surface area contributed by atoms with Gasteiger partial charge in [-0.05, 0) is 32.2 Å². The highest BCUT2D eigenvalue weighted by molar-refractivity contribution is 5.04. The monoisotopic (exact) mass is 434 g/mol. The Morgan fingerprint density at radius 3 is 2.23 bits per heavy atom. The summed E-state index contributed by atoms with van der Waals surface area (Å²) in [7, 11) is 2.31. The van der Waals surface area contributed by atoms with E-state index in [1.54, 1.807) is 0 Å². The molecule has 182 valence electrons. The van der Waals surface area contributed by atoms with Gasteiger partial charge in [0.05, 0.1) is 19.3 Å². The Morgan fingerprint density at radius 1 is 0.935 bits per heavy atom.